The van der Waals surface area contributed by atoms with Crippen LogP contribution in [0.1, 0.15) is 24.8 Å². The first-order valence-electron chi connectivity index (χ1n) is 8.57. The molecule has 1 fully saturated rings. The first-order valence-corrected chi connectivity index (χ1v) is 10.4. The summed E-state index contributed by atoms with van der Waals surface area (Å²) in [6, 6.07) is 3.81. The molecule has 0 aromatic carbocycles. The average molecular weight is 371 g/mol. The van der Waals surface area contributed by atoms with Crippen molar-refractivity contribution in [3.05, 3.63) is 30.0 Å². The van der Waals surface area contributed by atoms with Gasteiger partial charge in [-0.3, -0.25) is 0 Å². The van der Waals surface area contributed by atoms with Crippen molar-refractivity contribution in [1.29, 1.82) is 5.26 Å². The zero-order valence-corrected chi connectivity index (χ0v) is 14.9. The van der Waals surface area contributed by atoms with Crippen molar-refractivity contribution in [2.75, 3.05) is 11.5 Å². The normalized spacial score (nSPS) is 22.2. The van der Waals surface area contributed by atoms with Crippen LogP contribution in [0.15, 0.2) is 24.4 Å². The number of nitriles is 1. The Morgan fingerprint density at radius 3 is 3.04 bits per heavy atom. The van der Waals surface area contributed by atoms with Gasteiger partial charge in [-0.15, -0.1) is 0 Å². The molecule has 4 rings (SSSR count). The van der Waals surface area contributed by atoms with Crippen LogP contribution in [-0.2, 0) is 9.84 Å². The van der Waals surface area contributed by atoms with Gasteiger partial charge in [-0.05, 0) is 42.3 Å². The molecule has 1 aliphatic carbocycles. The summed E-state index contributed by atoms with van der Waals surface area (Å²) in [5, 5.41) is 19.5. The lowest BCUT2D eigenvalue weighted by Crippen LogP contribution is -2.34. The second kappa shape index (κ2) is 6.45. The fourth-order valence-electron chi connectivity index (χ4n) is 3.89. The predicted molar refractivity (Wildman–Crippen MR) is 97.8 cm³/mol. The molecule has 1 aliphatic heterocycles. The topological polar surface area (TPSA) is 116 Å². The Kier molecular flexibility index (Phi) is 4.25. The second-order valence-electron chi connectivity index (χ2n) is 6.92. The van der Waals surface area contributed by atoms with E-state index in [2.05, 4.69) is 9.97 Å². The fourth-order valence-corrected chi connectivity index (χ4v) is 5.45. The molecule has 2 aromatic rings. The highest BCUT2D eigenvalue weighted by Gasteiger charge is 2.39. The van der Waals surface area contributed by atoms with Crippen LogP contribution in [0.3, 0.4) is 0 Å². The number of nitrogens with one attached hydrogen (secondary N) is 1. The molecule has 0 spiro atoms. The highest BCUT2D eigenvalue weighted by Crippen LogP contribution is 2.48. The van der Waals surface area contributed by atoms with Gasteiger partial charge >= 0.3 is 7.12 Å². The van der Waals surface area contributed by atoms with Crippen molar-refractivity contribution in [2.24, 2.45) is 11.8 Å². The number of hydrogen-bond donors (Lipinski definition) is 2. The minimum absolute atomic E-state index is 0.0407. The Morgan fingerprint density at radius 1 is 1.46 bits per heavy atom. The van der Waals surface area contributed by atoms with Crippen LogP contribution in [0.5, 0.6) is 5.75 Å². The maximum Gasteiger partial charge on any atom is 0.552 e. The summed E-state index contributed by atoms with van der Waals surface area (Å²) < 4.78 is 29.5. The number of H-pyrrole nitrogens is 1. The Hall–Kier alpha value is -2.31. The molecule has 7 nitrogen and oxygen atoms in total. The van der Waals surface area contributed by atoms with Crippen molar-refractivity contribution in [1.82, 2.24) is 9.97 Å². The van der Waals surface area contributed by atoms with E-state index in [1.165, 1.54) is 0 Å². The van der Waals surface area contributed by atoms with E-state index < -0.39 is 17.0 Å². The summed E-state index contributed by atoms with van der Waals surface area (Å²) in [6.07, 6.45) is 4.95. The molecule has 0 amide bonds. The molecule has 26 heavy (non-hydrogen) atoms. The van der Waals surface area contributed by atoms with Gasteiger partial charge in [-0.1, -0.05) is 0 Å². The van der Waals surface area contributed by atoms with Gasteiger partial charge in [-0.2, -0.15) is 5.26 Å². The lowest BCUT2D eigenvalue weighted by atomic mass is 9.66. The number of aromatic nitrogens is 2. The molecule has 0 bridgehead atoms. The Morgan fingerprint density at radius 2 is 2.27 bits per heavy atom. The minimum Gasteiger partial charge on any atom is -0.531 e. The van der Waals surface area contributed by atoms with Gasteiger partial charge in [0.25, 0.3) is 0 Å². The van der Waals surface area contributed by atoms with E-state index in [0.717, 1.165) is 35.0 Å². The quantitative estimate of drug-likeness (QED) is 0.773. The Bertz CT molecular complexity index is 1020. The molecular formula is C17H18BN3O4S. The average Bonchev–Trinajstić information content (AvgIpc) is 3.03. The monoisotopic (exact) mass is 371 g/mol. The van der Waals surface area contributed by atoms with E-state index in [0.29, 0.717) is 5.75 Å². The van der Waals surface area contributed by atoms with Crippen LogP contribution in [-0.4, -0.2) is 42.0 Å². The van der Waals surface area contributed by atoms with Gasteiger partial charge < -0.3 is 14.7 Å². The molecule has 0 atom stereocenters. The molecule has 2 N–H and O–H groups in total. The van der Waals surface area contributed by atoms with Gasteiger partial charge in [0.05, 0.1) is 23.8 Å². The van der Waals surface area contributed by atoms with E-state index >= 15 is 0 Å². The van der Waals surface area contributed by atoms with Crippen LogP contribution in [0.25, 0.3) is 16.6 Å². The van der Waals surface area contributed by atoms with Gasteiger partial charge in [-0.25, -0.2) is 13.4 Å². The summed E-state index contributed by atoms with van der Waals surface area (Å²) in [5.41, 5.74) is 2.68. The molecule has 2 aliphatic rings. The molecule has 0 saturated heterocycles. The molecular weight excluding hydrogens is 353 g/mol. The van der Waals surface area contributed by atoms with E-state index in [9.17, 15) is 13.4 Å². The molecule has 134 valence electrons. The van der Waals surface area contributed by atoms with E-state index in [1.807, 2.05) is 18.3 Å². The number of pyridine rings is 1. The molecule has 3 heterocycles. The summed E-state index contributed by atoms with van der Waals surface area (Å²) in [5.74, 6) is 2.59. The number of aromatic amines is 1. The van der Waals surface area contributed by atoms with Crippen LogP contribution in [0.2, 0.25) is 0 Å². The van der Waals surface area contributed by atoms with Crippen molar-refractivity contribution in [3.63, 3.8) is 0 Å². The third-order valence-electron chi connectivity index (χ3n) is 5.10. The van der Waals surface area contributed by atoms with Gasteiger partial charge in [0.1, 0.15) is 11.4 Å². The molecule has 0 unspecified atom stereocenters. The Labute approximate surface area is 151 Å². The Balaban J connectivity index is 1.54. The van der Waals surface area contributed by atoms with Crippen LogP contribution in [0.4, 0.5) is 0 Å². The number of hydrogen-bond acceptors (Lipinski definition) is 6. The first kappa shape index (κ1) is 17.1. The molecule has 1 saturated carbocycles. The second-order valence-corrected chi connectivity index (χ2v) is 9.15. The summed E-state index contributed by atoms with van der Waals surface area (Å²) in [6.45, 7) is 0. The van der Waals surface area contributed by atoms with Crippen LogP contribution < -0.4 is 4.65 Å². The summed E-state index contributed by atoms with van der Waals surface area (Å²) >= 11 is 0. The predicted octanol–water partition coefficient (Wildman–Crippen LogP) is 1.71. The standard InChI is InChI=1S/C17H18BN3O4S/c19-3-1-5-26(23,24)10-11-6-12(7-11)14-8-18(22)25-15-9-21-17-13(16(14)15)2-4-20-17/h2,4,8-9,11-12,22H,1,5-7,10H2,(H,20,21). The molecule has 9 heteroatoms. The number of rotatable bonds is 5. The zero-order chi connectivity index (χ0) is 18.3. The van der Waals surface area contributed by atoms with Crippen molar-refractivity contribution >= 4 is 33.6 Å². The number of nitrogens with zero attached hydrogens (tertiary/aromatic N) is 2. The highest BCUT2D eigenvalue weighted by molar-refractivity contribution is 7.91. The van der Waals surface area contributed by atoms with Gasteiger partial charge in [0, 0.05) is 23.6 Å². The van der Waals surface area contributed by atoms with Gasteiger partial charge in [0.2, 0.25) is 0 Å². The molecule has 0 radical (unpaired) electrons. The fraction of sp³-hybridized carbons (Fsp3) is 0.412. The zero-order valence-electron chi connectivity index (χ0n) is 14.1. The van der Waals surface area contributed by atoms with Crippen molar-refractivity contribution in [2.45, 2.75) is 19.3 Å². The largest absolute Gasteiger partial charge is 0.552 e. The van der Waals surface area contributed by atoms with E-state index in [1.54, 1.807) is 12.2 Å². The summed E-state index contributed by atoms with van der Waals surface area (Å²) in [4.78, 5) is 7.37. The van der Waals surface area contributed by atoms with E-state index in [-0.39, 0.29) is 29.8 Å². The highest BCUT2D eigenvalue weighted by atomic mass is 32.2. The molecule has 2 aromatic heterocycles. The SMILES string of the molecule is N#CCCS(=O)(=O)CC1CC(C2=CB(O)Oc3cnc4[nH]ccc4c32)C1. The number of fused-ring (bicyclic) bond motifs is 3. The third-order valence-corrected chi connectivity index (χ3v) is 6.91. The van der Waals surface area contributed by atoms with Crippen molar-refractivity contribution < 1.29 is 18.1 Å². The smallest absolute Gasteiger partial charge is 0.531 e. The maximum atomic E-state index is 12.0. The minimum atomic E-state index is -3.19. The third kappa shape index (κ3) is 3.11. The van der Waals surface area contributed by atoms with Crippen LogP contribution in [0, 0.1) is 23.2 Å². The maximum absolute atomic E-state index is 12.0. The van der Waals surface area contributed by atoms with Crippen LogP contribution >= 0.6 is 0 Å². The lowest BCUT2D eigenvalue weighted by molar-refractivity contribution is 0.273. The lowest BCUT2D eigenvalue weighted by Gasteiger charge is -2.38. The van der Waals surface area contributed by atoms with E-state index in [4.69, 9.17) is 9.92 Å². The number of allylic oxidation sites excluding steroid dienone is 1. The van der Waals surface area contributed by atoms with Gasteiger partial charge in [0.15, 0.2) is 9.84 Å². The summed E-state index contributed by atoms with van der Waals surface area (Å²) in [7, 11) is -4.21. The number of sulfone groups is 1. The van der Waals surface area contributed by atoms with Crippen molar-refractivity contribution in [3.8, 4) is 11.8 Å². The first-order chi connectivity index (χ1) is 12.5.